The second kappa shape index (κ2) is 6.74. The number of rotatable bonds is 5. The third-order valence-corrected chi connectivity index (χ3v) is 3.61. The van der Waals surface area contributed by atoms with Gasteiger partial charge in [-0.1, -0.05) is 43.1 Å². The molecular formula is C13H17Cl3. The summed E-state index contributed by atoms with van der Waals surface area (Å²) in [6.07, 6.45) is 3.06. The number of hydrogen-bond acceptors (Lipinski definition) is 0. The van der Waals surface area contributed by atoms with Crippen molar-refractivity contribution in [2.45, 2.75) is 38.5 Å². The molecule has 0 nitrogen and oxygen atoms in total. The molecule has 1 aromatic rings. The molecule has 1 aromatic carbocycles. The van der Waals surface area contributed by atoms with Crippen LogP contribution in [0.1, 0.15) is 32.3 Å². The molecular weight excluding hydrogens is 263 g/mol. The summed E-state index contributed by atoms with van der Waals surface area (Å²) < 4.78 is 0. The van der Waals surface area contributed by atoms with Crippen LogP contribution in [-0.2, 0) is 6.42 Å². The Morgan fingerprint density at radius 3 is 2.31 bits per heavy atom. The molecule has 0 saturated heterocycles. The monoisotopic (exact) mass is 278 g/mol. The van der Waals surface area contributed by atoms with Gasteiger partial charge in [0.1, 0.15) is 0 Å². The molecule has 0 bridgehead atoms. The van der Waals surface area contributed by atoms with Gasteiger partial charge in [0, 0.05) is 5.38 Å². The molecule has 90 valence electrons. The predicted octanol–water partition coefficient (Wildman–Crippen LogP) is 5.58. The molecule has 1 atom stereocenters. The Bertz CT molecular complexity index is 334. The molecule has 0 fully saturated rings. The fraction of sp³-hybridized carbons (Fsp3) is 0.538. The van der Waals surface area contributed by atoms with Crippen molar-refractivity contribution in [3.05, 3.63) is 33.8 Å². The summed E-state index contributed by atoms with van der Waals surface area (Å²) in [5, 5.41) is 1.38. The van der Waals surface area contributed by atoms with Crippen LogP contribution >= 0.6 is 34.8 Å². The van der Waals surface area contributed by atoms with Gasteiger partial charge in [0.05, 0.1) is 10.0 Å². The number of alkyl halides is 1. The summed E-state index contributed by atoms with van der Waals surface area (Å²) in [7, 11) is 0. The summed E-state index contributed by atoms with van der Waals surface area (Å²) in [5.74, 6) is 0.704. The van der Waals surface area contributed by atoms with E-state index in [9.17, 15) is 0 Å². The Morgan fingerprint density at radius 1 is 1.06 bits per heavy atom. The normalized spacial score (nSPS) is 13.1. The van der Waals surface area contributed by atoms with Crippen molar-refractivity contribution in [2.75, 3.05) is 0 Å². The van der Waals surface area contributed by atoms with Gasteiger partial charge >= 0.3 is 0 Å². The van der Waals surface area contributed by atoms with Gasteiger partial charge in [0.25, 0.3) is 0 Å². The van der Waals surface area contributed by atoms with E-state index in [1.54, 1.807) is 0 Å². The fourth-order valence-corrected chi connectivity index (χ4v) is 2.16. The van der Waals surface area contributed by atoms with Gasteiger partial charge in [-0.3, -0.25) is 0 Å². The second-order valence-electron chi connectivity index (χ2n) is 4.52. The zero-order chi connectivity index (χ0) is 12.1. The SMILES string of the molecule is CC(C)CCC(Cl)Cc1ccc(Cl)c(Cl)c1. The van der Waals surface area contributed by atoms with Gasteiger partial charge in [0.2, 0.25) is 0 Å². The standard InChI is InChI=1S/C13H17Cl3/c1-9(2)3-5-11(14)7-10-4-6-12(15)13(16)8-10/h4,6,8-9,11H,3,5,7H2,1-2H3. The number of benzene rings is 1. The van der Waals surface area contributed by atoms with Crippen LogP contribution in [0.4, 0.5) is 0 Å². The topological polar surface area (TPSA) is 0 Å². The molecule has 0 heterocycles. The highest BCUT2D eigenvalue weighted by atomic mass is 35.5. The van der Waals surface area contributed by atoms with Crippen LogP contribution in [0, 0.1) is 5.92 Å². The van der Waals surface area contributed by atoms with Crippen LogP contribution in [0.2, 0.25) is 10.0 Å². The molecule has 16 heavy (non-hydrogen) atoms. The molecule has 0 saturated carbocycles. The largest absolute Gasteiger partial charge is 0.123 e. The zero-order valence-corrected chi connectivity index (χ0v) is 11.9. The van der Waals surface area contributed by atoms with Crippen molar-refractivity contribution < 1.29 is 0 Å². The molecule has 0 amide bonds. The Kier molecular flexibility index (Phi) is 5.96. The Labute approximate surface area is 113 Å². The number of hydrogen-bond donors (Lipinski definition) is 0. The van der Waals surface area contributed by atoms with Crippen molar-refractivity contribution in [1.82, 2.24) is 0 Å². The lowest BCUT2D eigenvalue weighted by molar-refractivity contribution is 0.541. The van der Waals surface area contributed by atoms with Crippen molar-refractivity contribution in [3.8, 4) is 0 Å². The highest BCUT2D eigenvalue weighted by Gasteiger charge is 2.08. The van der Waals surface area contributed by atoms with E-state index in [2.05, 4.69) is 13.8 Å². The van der Waals surface area contributed by atoms with E-state index in [-0.39, 0.29) is 5.38 Å². The molecule has 0 aliphatic carbocycles. The molecule has 0 spiro atoms. The van der Waals surface area contributed by atoms with E-state index in [1.165, 1.54) is 0 Å². The molecule has 1 rings (SSSR count). The Morgan fingerprint density at radius 2 is 1.75 bits per heavy atom. The van der Waals surface area contributed by atoms with Crippen molar-refractivity contribution in [1.29, 1.82) is 0 Å². The minimum atomic E-state index is 0.180. The summed E-state index contributed by atoms with van der Waals surface area (Å²) in [5.41, 5.74) is 1.15. The summed E-state index contributed by atoms with van der Waals surface area (Å²) in [6, 6.07) is 5.71. The maximum atomic E-state index is 6.28. The average Bonchev–Trinajstić information content (AvgIpc) is 2.21. The van der Waals surface area contributed by atoms with Crippen LogP contribution in [0.5, 0.6) is 0 Å². The van der Waals surface area contributed by atoms with E-state index < -0.39 is 0 Å². The average molecular weight is 280 g/mol. The van der Waals surface area contributed by atoms with Crippen LogP contribution in [0.25, 0.3) is 0 Å². The minimum absolute atomic E-state index is 0.180. The lowest BCUT2D eigenvalue weighted by Crippen LogP contribution is -2.05. The highest BCUT2D eigenvalue weighted by Crippen LogP contribution is 2.24. The fourth-order valence-electron chi connectivity index (χ4n) is 1.54. The van der Waals surface area contributed by atoms with Gasteiger partial charge in [-0.25, -0.2) is 0 Å². The van der Waals surface area contributed by atoms with Crippen LogP contribution in [-0.4, -0.2) is 5.38 Å². The van der Waals surface area contributed by atoms with Gasteiger partial charge < -0.3 is 0 Å². The first-order valence-corrected chi connectivity index (χ1v) is 6.76. The maximum Gasteiger partial charge on any atom is 0.0595 e. The number of halogens is 3. The van der Waals surface area contributed by atoms with E-state index in [1.807, 2.05) is 18.2 Å². The van der Waals surface area contributed by atoms with Crippen molar-refractivity contribution in [2.24, 2.45) is 5.92 Å². The molecule has 0 radical (unpaired) electrons. The minimum Gasteiger partial charge on any atom is -0.123 e. The quantitative estimate of drug-likeness (QED) is 0.617. The van der Waals surface area contributed by atoms with Gasteiger partial charge in [-0.15, -0.1) is 11.6 Å². The zero-order valence-electron chi connectivity index (χ0n) is 9.64. The highest BCUT2D eigenvalue weighted by molar-refractivity contribution is 6.42. The lowest BCUT2D eigenvalue weighted by atomic mass is 10.0. The summed E-state index contributed by atoms with van der Waals surface area (Å²) in [6.45, 7) is 4.42. The molecule has 0 N–H and O–H groups in total. The summed E-state index contributed by atoms with van der Waals surface area (Å²) >= 11 is 18.1. The molecule has 3 heteroatoms. The molecule has 1 unspecified atom stereocenters. The Balaban J connectivity index is 2.49. The third kappa shape index (κ3) is 4.95. The molecule has 0 aromatic heterocycles. The first-order valence-electron chi connectivity index (χ1n) is 5.57. The first-order chi connectivity index (χ1) is 7.49. The van der Waals surface area contributed by atoms with Gasteiger partial charge in [-0.2, -0.15) is 0 Å². The lowest BCUT2D eigenvalue weighted by Gasteiger charge is -2.11. The Hall–Kier alpha value is 0.0900. The molecule has 0 aliphatic rings. The first kappa shape index (κ1) is 14.2. The van der Waals surface area contributed by atoms with E-state index in [0.29, 0.717) is 16.0 Å². The van der Waals surface area contributed by atoms with Gasteiger partial charge in [-0.05, 0) is 42.9 Å². The van der Waals surface area contributed by atoms with E-state index in [0.717, 1.165) is 24.8 Å². The predicted molar refractivity (Wildman–Crippen MR) is 73.9 cm³/mol. The van der Waals surface area contributed by atoms with Crippen LogP contribution < -0.4 is 0 Å². The van der Waals surface area contributed by atoms with E-state index in [4.69, 9.17) is 34.8 Å². The van der Waals surface area contributed by atoms with E-state index >= 15 is 0 Å². The van der Waals surface area contributed by atoms with Crippen molar-refractivity contribution >= 4 is 34.8 Å². The summed E-state index contributed by atoms with van der Waals surface area (Å²) in [4.78, 5) is 0. The maximum absolute atomic E-state index is 6.28. The smallest absolute Gasteiger partial charge is 0.0595 e. The van der Waals surface area contributed by atoms with Crippen molar-refractivity contribution in [3.63, 3.8) is 0 Å². The van der Waals surface area contributed by atoms with Gasteiger partial charge in [0.15, 0.2) is 0 Å². The van der Waals surface area contributed by atoms with Crippen LogP contribution in [0.15, 0.2) is 18.2 Å². The second-order valence-corrected chi connectivity index (χ2v) is 5.95. The van der Waals surface area contributed by atoms with Crippen LogP contribution in [0.3, 0.4) is 0 Å². The third-order valence-electron chi connectivity index (χ3n) is 2.50. The molecule has 0 aliphatic heterocycles.